The average Bonchev–Trinajstić information content (AvgIpc) is 2.40. The second kappa shape index (κ2) is 5.73. The van der Waals surface area contributed by atoms with Gasteiger partial charge in [0.25, 0.3) is 0 Å². The second-order valence-electron chi connectivity index (χ2n) is 4.53. The Bertz CT molecular complexity index is 653. The summed E-state index contributed by atoms with van der Waals surface area (Å²) in [5.74, 6) is -0.761. The molecule has 2 N–H and O–H groups in total. The molecule has 6 heteroatoms. The van der Waals surface area contributed by atoms with Crippen LogP contribution in [-0.4, -0.2) is 6.36 Å². The molecule has 0 aliphatic heterocycles. The third-order valence-corrected chi connectivity index (χ3v) is 3.02. The minimum absolute atomic E-state index is 0.117. The van der Waals surface area contributed by atoms with Crippen LogP contribution < -0.4 is 10.5 Å². The summed E-state index contributed by atoms with van der Waals surface area (Å²) < 4.78 is 54.1. The van der Waals surface area contributed by atoms with E-state index in [2.05, 4.69) is 4.74 Å². The van der Waals surface area contributed by atoms with Crippen LogP contribution in [0.25, 0.3) is 11.1 Å². The van der Waals surface area contributed by atoms with Crippen LogP contribution in [0.3, 0.4) is 0 Å². The Labute approximate surface area is 119 Å². The first-order chi connectivity index (χ1) is 9.80. The fourth-order valence-corrected chi connectivity index (χ4v) is 2.04. The number of nitrogens with two attached hydrogens (primary N) is 1. The zero-order valence-corrected chi connectivity index (χ0v) is 11.2. The minimum atomic E-state index is -4.78. The highest BCUT2D eigenvalue weighted by atomic mass is 19.4. The van der Waals surface area contributed by atoms with Crippen LogP contribution in [0.4, 0.5) is 17.6 Å². The van der Waals surface area contributed by atoms with Crippen molar-refractivity contribution in [1.29, 1.82) is 0 Å². The minimum Gasteiger partial charge on any atom is -0.405 e. The Balaban J connectivity index is 2.46. The van der Waals surface area contributed by atoms with Crippen molar-refractivity contribution in [3.63, 3.8) is 0 Å². The monoisotopic (exact) mass is 299 g/mol. The van der Waals surface area contributed by atoms with Crippen molar-refractivity contribution in [2.45, 2.75) is 19.8 Å². The van der Waals surface area contributed by atoms with Crippen molar-refractivity contribution in [1.82, 2.24) is 0 Å². The van der Waals surface area contributed by atoms with Gasteiger partial charge in [-0.1, -0.05) is 12.1 Å². The van der Waals surface area contributed by atoms with E-state index in [4.69, 9.17) is 5.73 Å². The Morgan fingerprint density at radius 2 is 1.81 bits per heavy atom. The molecule has 112 valence electrons. The normalized spacial score (nSPS) is 11.5. The number of alkyl halides is 3. The second-order valence-corrected chi connectivity index (χ2v) is 4.53. The fraction of sp³-hybridized carbons (Fsp3) is 0.200. The Hall–Kier alpha value is -2.08. The van der Waals surface area contributed by atoms with Gasteiger partial charge in [0.05, 0.1) is 0 Å². The van der Waals surface area contributed by atoms with Gasteiger partial charge in [-0.2, -0.15) is 0 Å². The molecule has 2 rings (SSSR count). The van der Waals surface area contributed by atoms with Crippen LogP contribution in [0, 0.1) is 12.7 Å². The van der Waals surface area contributed by atoms with E-state index >= 15 is 0 Å². The molecule has 0 heterocycles. The lowest BCUT2D eigenvalue weighted by molar-refractivity contribution is -0.274. The Morgan fingerprint density at radius 3 is 2.43 bits per heavy atom. The van der Waals surface area contributed by atoms with Gasteiger partial charge in [-0.3, -0.25) is 0 Å². The first-order valence-electron chi connectivity index (χ1n) is 6.15. The van der Waals surface area contributed by atoms with Crippen molar-refractivity contribution in [3.8, 4) is 16.9 Å². The van der Waals surface area contributed by atoms with Crippen LogP contribution in [0.1, 0.15) is 11.1 Å². The van der Waals surface area contributed by atoms with Crippen LogP contribution >= 0.6 is 0 Å². The molecule has 21 heavy (non-hydrogen) atoms. The van der Waals surface area contributed by atoms with Crippen molar-refractivity contribution in [2.24, 2.45) is 5.73 Å². The van der Waals surface area contributed by atoms with Crippen LogP contribution in [0.15, 0.2) is 36.4 Å². The summed E-state index contributed by atoms with van der Waals surface area (Å²) in [7, 11) is 0. The summed E-state index contributed by atoms with van der Waals surface area (Å²) in [5.41, 5.74) is 7.66. The first kappa shape index (κ1) is 15.3. The third kappa shape index (κ3) is 3.72. The van der Waals surface area contributed by atoms with E-state index in [1.807, 2.05) is 0 Å². The van der Waals surface area contributed by atoms with Crippen LogP contribution in [-0.2, 0) is 6.54 Å². The maximum atomic E-state index is 13.3. The van der Waals surface area contributed by atoms with Gasteiger partial charge in [0, 0.05) is 12.1 Å². The van der Waals surface area contributed by atoms with Gasteiger partial charge in [0.15, 0.2) is 0 Å². The number of aryl methyl sites for hydroxylation is 1. The molecule has 0 amide bonds. The zero-order chi connectivity index (χ0) is 15.6. The number of hydrogen-bond donors (Lipinski definition) is 1. The zero-order valence-electron chi connectivity index (χ0n) is 11.2. The molecule has 2 aromatic rings. The molecule has 0 aromatic heterocycles. The molecule has 0 aliphatic carbocycles. The van der Waals surface area contributed by atoms with E-state index in [1.165, 1.54) is 30.3 Å². The highest BCUT2D eigenvalue weighted by Gasteiger charge is 2.32. The van der Waals surface area contributed by atoms with E-state index in [0.29, 0.717) is 11.1 Å². The molecular weight excluding hydrogens is 286 g/mol. The third-order valence-electron chi connectivity index (χ3n) is 3.02. The van der Waals surface area contributed by atoms with Crippen molar-refractivity contribution >= 4 is 0 Å². The maximum Gasteiger partial charge on any atom is 0.573 e. The largest absolute Gasteiger partial charge is 0.573 e. The maximum absolute atomic E-state index is 13.3. The first-order valence-corrected chi connectivity index (χ1v) is 6.15. The van der Waals surface area contributed by atoms with Gasteiger partial charge in [-0.15, -0.1) is 13.2 Å². The van der Waals surface area contributed by atoms with Crippen molar-refractivity contribution in [3.05, 3.63) is 53.3 Å². The van der Waals surface area contributed by atoms with Crippen molar-refractivity contribution in [2.75, 3.05) is 0 Å². The van der Waals surface area contributed by atoms with Gasteiger partial charge >= 0.3 is 6.36 Å². The van der Waals surface area contributed by atoms with E-state index < -0.39 is 12.2 Å². The lowest BCUT2D eigenvalue weighted by atomic mass is 9.98. The molecule has 0 radical (unpaired) electrons. The summed E-state index contributed by atoms with van der Waals surface area (Å²) in [5, 5.41) is 0. The van der Waals surface area contributed by atoms with E-state index in [1.54, 1.807) is 13.0 Å². The smallest absolute Gasteiger partial charge is 0.405 e. The van der Waals surface area contributed by atoms with Crippen LogP contribution in [0.2, 0.25) is 0 Å². The number of ether oxygens (including phenoxy) is 1. The highest BCUT2D eigenvalue weighted by Crippen LogP contribution is 2.32. The van der Waals surface area contributed by atoms with E-state index in [0.717, 1.165) is 5.56 Å². The summed E-state index contributed by atoms with van der Waals surface area (Å²) in [4.78, 5) is 0. The molecule has 0 bridgehead atoms. The van der Waals surface area contributed by atoms with E-state index in [9.17, 15) is 17.6 Å². The molecule has 0 spiro atoms. The quantitative estimate of drug-likeness (QED) is 0.864. The van der Waals surface area contributed by atoms with Gasteiger partial charge in [0.1, 0.15) is 11.6 Å². The number of benzene rings is 2. The molecule has 0 unspecified atom stereocenters. The summed E-state index contributed by atoms with van der Waals surface area (Å²) in [6.45, 7) is 1.67. The molecule has 2 nitrogen and oxygen atoms in total. The predicted octanol–water partition coefficient (Wildman–Crippen LogP) is 4.16. The predicted molar refractivity (Wildman–Crippen MR) is 71.1 cm³/mol. The van der Waals surface area contributed by atoms with E-state index in [-0.39, 0.29) is 17.9 Å². The average molecular weight is 299 g/mol. The molecule has 0 saturated heterocycles. The topological polar surface area (TPSA) is 35.2 Å². The SMILES string of the molecule is Cc1ccc(F)cc1-c1ccc(OC(F)(F)F)c(CN)c1. The fourth-order valence-electron chi connectivity index (χ4n) is 2.04. The van der Waals surface area contributed by atoms with Gasteiger partial charge in [-0.05, 0) is 47.9 Å². The molecular formula is C15H13F4NO. The van der Waals surface area contributed by atoms with Crippen molar-refractivity contribution < 1.29 is 22.3 Å². The molecule has 0 aliphatic rings. The number of rotatable bonds is 3. The Kier molecular flexibility index (Phi) is 4.18. The summed E-state index contributed by atoms with van der Waals surface area (Å²) >= 11 is 0. The molecule has 2 aromatic carbocycles. The lowest BCUT2D eigenvalue weighted by Gasteiger charge is -2.14. The van der Waals surface area contributed by atoms with Gasteiger partial charge < -0.3 is 10.5 Å². The number of hydrogen-bond acceptors (Lipinski definition) is 2. The van der Waals surface area contributed by atoms with Gasteiger partial charge in [-0.25, -0.2) is 4.39 Å². The molecule has 0 fully saturated rings. The molecule has 0 saturated carbocycles. The standard InChI is InChI=1S/C15H13F4NO/c1-9-2-4-12(16)7-13(9)10-3-5-14(11(6-10)8-20)21-15(17,18)19/h2-7H,8,20H2,1H3. The highest BCUT2D eigenvalue weighted by molar-refractivity contribution is 5.69. The summed E-state index contributed by atoms with van der Waals surface area (Å²) in [6.07, 6.45) is -4.78. The number of halogens is 4. The van der Waals surface area contributed by atoms with Crippen LogP contribution in [0.5, 0.6) is 5.75 Å². The Morgan fingerprint density at radius 1 is 1.10 bits per heavy atom. The molecule has 0 atom stereocenters. The summed E-state index contributed by atoms with van der Waals surface area (Å²) in [6, 6.07) is 8.37. The lowest BCUT2D eigenvalue weighted by Crippen LogP contribution is -2.18. The van der Waals surface area contributed by atoms with Gasteiger partial charge in [0.2, 0.25) is 0 Å².